The number of hydrogen-bond acceptors (Lipinski definition) is 5. The molecule has 20 heavy (non-hydrogen) atoms. The van der Waals surface area contributed by atoms with Gasteiger partial charge in [0.15, 0.2) is 11.5 Å². The smallest absolute Gasteiger partial charge is 0.178 e. The van der Waals surface area contributed by atoms with Gasteiger partial charge in [0, 0.05) is 12.8 Å². The van der Waals surface area contributed by atoms with Gasteiger partial charge in [0.05, 0.1) is 19.3 Å². The summed E-state index contributed by atoms with van der Waals surface area (Å²) in [5.74, 6) is 1.48. The fraction of sp³-hybridized carbons (Fsp3) is 0.385. The van der Waals surface area contributed by atoms with E-state index < -0.39 is 0 Å². The Morgan fingerprint density at radius 1 is 1.35 bits per heavy atom. The van der Waals surface area contributed by atoms with Gasteiger partial charge in [-0.25, -0.2) is 19.2 Å². The van der Waals surface area contributed by atoms with Crippen molar-refractivity contribution in [1.82, 2.24) is 29.4 Å². The van der Waals surface area contributed by atoms with Gasteiger partial charge in [-0.15, -0.1) is 0 Å². The van der Waals surface area contributed by atoms with Gasteiger partial charge in [-0.3, -0.25) is 0 Å². The standard InChI is InChI=1S/C13H16N6O/c1-3-20-8-7-18-13(16-10(2)17-18)11-9-14-12-5-4-6-15-19(11)12/h4-6,9H,3,7-8H2,1-2H3. The van der Waals surface area contributed by atoms with Gasteiger partial charge in [0.25, 0.3) is 0 Å². The van der Waals surface area contributed by atoms with Crippen LogP contribution in [-0.2, 0) is 11.3 Å². The van der Waals surface area contributed by atoms with Crippen LogP contribution in [0.4, 0.5) is 0 Å². The highest BCUT2D eigenvalue weighted by atomic mass is 16.5. The third-order valence-corrected chi connectivity index (χ3v) is 2.94. The van der Waals surface area contributed by atoms with Crippen molar-refractivity contribution in [2.24, 2.45) is 0 Å². The zero-order valence-corrected chi connectivity index (χ0v) is 11.5. The molecule has 7 nitrogen and oxygen atoms in total. The van der Waals surface area contributed by atoms with Crippen LogP contribution < -0.4 is 0 Å². The molecule has 0 amide bonds. The van der Waals surface area contributed by atoms with Gasteiger partial charge >= 0.3 is 0 Å². The van der Waals surface area contributed by atoms with Gasteiger partial charge in [0.2, 0.25) is 0 Å². The van der Waals surface area contributed by atoms with Gasteiger partial charge < -0.3 is 4.74 Å². The minimum absolute atomic E-state index is 0.608. The van der Waals surface area contributed by atoms with E-state index in [1.54, 1.807) is 16.9 Å². The number of imidazole rings is 1. The first kappa shape index (κ1) is 12.7. The molecule has 3 rings (SSSR count). The second-order valence-electron chi connectivity index (χ2n) is 4.34. The molecule has 0 N–H and O–H groups in total. The predicted molar refractivity (Wildman–Crippen MR) is 73.2 cm³/mol. The molecular formula is C13H16N6O. The SMILES string of the molecule is CCOCCn1nc(C)nc1-c1cnc2cccnn12. The summed E-state index contributed by atoms with van der Waals surface area (Å²) < 4.78 is 8.98. The van der Waals surface area contributed by atoms with Crippen LogP contribution in [0.25, 0.3) is 17.2 Å². The first-order chi connectivity index (χ1) is 9.79. The molecule has 7 heteroatoms. The molecule has 3 aromatic rings. The predicted octanol–water partition coefficient (Wildman–Crippen LogP) is 1.33. The van der Waals surface area contributed by atoms with Gasteiger partial charge in [-0.1, -0.05) is 0 Å². The monoisotopic (exact) mass is 272 g/mol. The van der Waals surface area contributed by atoms with Crippen LogP contribution in [0.15, 0.2) is 24.5 Å². The van der Waals surface area contributed by atoms with Crippen molar-refractivity contribution in [1.29, 1.82) is 0 Å². The molecule has 0 aliphatic rings. The molecule has 0 atom stereocenters. The zero-order valence-electron chi connectivity index (χ0n) is 11.5. The summed E-state index contributed by atoms with van der Waals surface area (Å²) >= 11 is 0. The van der Waals surface area contributed by atoms with Crippen molar-refractivity contribution in [3.8, 4) is 11.5 Å². The van der Waals surface area contributed by atoms with Crippen LogP contribution in [0.2, 0.25) is 0 Å². The third-order valence-electron chi connectivity index (χ3n) is 2.94. The highest BCUT2D eigenvalue weighted by Gasteiger charge is 2.14. The van der Waals surface area contributed by atoms with Gasteiger partial charge in [-0.05, 0) is 26.0 Å². The number of hydrogen-bond donors (Lipinski definition) is 0. The third kappa shape index (κ3) is 2.27. The van der Waals surface area contributed by atoms with E-state index in [1.807, 2.05) is 30.7 Å². The summed E-state index contributed by atoms with van der Waals surface area (Å²) in [6, 6.07) is 3.77. The van der Waals surface area contributed by atoms with E-state index in [4.69, 9.17) is 4.74 Å². The Kier molecular flexibility index (Phi) is 3.42. The normalized spacial score (nSPS) is 11.3. The first-order valence-corrected chi connectivity index (χ1v) is 6.58. The number of nitrogens with zero attached hydrogens (tertiary/aromatic N) is 6. The molecule has 0 fully saturated rings. The molecule has 0 saturated heterocycles. The maximum absolute atomic E-state index is 5.38. The lowest BCUT2D eigenvalue weighted by Gasteiger charge is -2.05. The Labute approximate surface area is 116 Å². The van der Waals surface area contributed by atoms with Crippen molar-refractivity contribution in [3.63, 3.8) is 0 Å². The minimum Gasteiger partial charge on any atom is -0.380 e. The van der Waals surface area contributed by atoms with Gasteiger partial charge in [0.1, 0.15) is 11.5 Å². The largest absolute Gasteiger partial charge is 0.380 e. The second kappa shape index (κ2) is 5.38. The van der Waals surface area contributed by atoms with E-state index in [9.17, 15) is 0 Å². The zero-order chi connectivity index (χ0) is 13.9. The lowest BCUT2D eigenvalue weighted by molar-refractivity contribution is 0.136. The molecule has 104 valence electrons. The Balaban J connectivity index is 2.00. The van der Waals surface area contributed by atoms with Crippen molar-refractivity contribution in [2.45, 2.75) is 20.4 Å². The summed E-state index contributed by atoms with van der Waals surface area (Å²) in [6.07, 6.45) is 3.49. The molecule has 0 bridgehead atoms. The van der Waals surface area contributed by atoms with Crippen LogP contribution in [0, 0.1) is 6.92 Å². The summed E-state index contributed by atoms with van der Waals surface area (Å²) in [5, 5.41) is 8.71. The number of ether oxygens (including phenoxy) is 1. The number of fused-ring (bicyclic) bond motifs is 1. The quantitative estimate of drug-likeness (QED) is 0.655. The lowest BCUT2D eigenvalue weighted by Crippen LogP contribution is -2.10. The molecular weight excluding hydrogens is 256 g/mol. The fourth-order valence-electron chi connectivity index (χ4n) is 2.08. The first-order valence-electron chi connectivity index (χ1n) is 6.58. The van der Waals surface area contributed by atoms with E-state index in [-0.39, 0.29) is 0 Å². The average Bonchev–Trinajstić information content (AvgIpc) is 3.02. The Hall–Kier alpha value is -2.28. The van der Waals surface area contributed by atoms with Crippen LogP contribution in [0.1, 0.15) is 12.7 Å². The summed E-state index contributed by atoms with van der Waals surface area (Å²) in [6.45, 7) is 5.81. The molecule has 0 spiro atoms. The molecule has 0 radical (unpaired) electrons. The molecule has 0 aromatic carbocycles. The maximum Gasteiger partial charge on any atom is 0.178 e. The average molecular weight is 272 g/mol. The van der Waals surface area contributed by atoms with E-state index >= 15 is 0 Å². The Morgan fingerprint density at radius 3 is 3.10 bits per heavy atom. The molecule has 0 unspecified atom stereocenters. The fourth-order valence-corrected chi connectivity index (χ4v) is 2.08. The maximum atomic E-state index is 5.38. The van der Waals surface area contributed by atoms with Crippen LogP contribution in [0.3, 0.4) is 0 Å². The minimum atomic E-state index is 0.608. The Morgan fingerprint density at radius 2 is 2.25 bits per heavy atom. The second-order valence-corrected chi connectivity index (χ2v) is 4.34. The van der Waals surface area contributed by atoms with E-state index in [2.05, 4.69) is 20.2 Å². The molecule has 0 aliphatic carbocycles. The molecule has 3 heterocycles. The van der Waals surface area contributed by atoms with Crippen LogP contribution in [0.5, 0.6) is 0 Å². The number of rotatable bonds is 5. The van der Waals surface area contributed by atoms with Crippen LogP contribution >= 0.6 is 0 Å². The van der Waals surface area contributed by atoms with Crippen molar-refractivity contribution >= 4 is 5.65 Å². The van der Waals surface area contributed by atoms with E-state index in [0.29, 0.717) is 19.8 Å². The lowest BCUT2D eigenvalue weighted by atomic mass is 10.4. The number of aromatic nitrogens is 6. The summed E-state index contributed by atoms with van der Waals surface area (Å²) in [5.41, 5.74) is 1.62. The highest BCUT2D eigenvalue weighted by molar-refractivity contribution is 5.55. The molecule has 0 saturated carbocycles. The Bertz CT molecular complexity index is 717. The van der Waals surface area contributed by atoms with E-state index in [1.165, 1.54) is 0 Å². The summed E-state index contributed by atoms with van der Waals surface area (Å²) in [4.78, 5) is 8.81. The van der Waals surface area contributed by atoms with Crippen molar-refractivity contribution in [3.05, 3.63) is 30.4 Å². The van der Waals surface area contributed by atoms with E-state index in [0.717, 1.165) is 23.0 Å². The van der Waals surface area contributed by atoms with Gasteiger partial charge in [-0.2, -0.15) is 10.2 Å². The molecule has 3 aromatic heterocycles. The van der Waals surface area contributed by atoms with Crippen molar-refractivity contribution < 1.29 is 4.74 Å². The van der Waals surface area contributed by atoms with Crippen molar-refractivity contribution in [2.75, 3.05) is 13.2 Å². The summed E-state index contributed by atoms with van der Waals surface area (Å²) in [7, 11) is 0. The highest BCUT2D eigenvalue weighted by Crippen LogP contribution is 2.18. The van der Waals surface area contributed by atoms with Crippen LogP contribution in [-0.4, -0.2) is 42.6 Å². The topological polar surface area (TPSA) is 70.1 Å². The number of aryl methyl sites for hydroxylation is 1. The molecule has 0 aliphatic heterocycles.